The number of hydrazine groups is 1. The molecule has 0 aliphatic carbocycles. The van der Waals surface area contributed by atoms with E-state index >= 15 is 0 Å². The zero-order chi connectivity index (χ0) is 13.0. The van der Waals surface area contributed by atoms with Crippen LogP contribution in [-0.2, 0) is 11.2 Å². The minimum absolute atomic E-state index is 0.331. The highest BCUT2D eigenvalue weighted by atomic mass is 32.2. The highest BCUT2D eigenvalue weighted by Gasteiger charge is 2.31. The van der Waals surface area contributed by atoms with Crippen molar-refractivity contribution < 1.29 is 4.74 Å². The van der Waals surface area contributed by atoms with E-state index in [0.717, 1.165) is 19.4 Å². The lowest BCUT2D eigenvalue weighted by atomic mass is 9.93. The van der Waals surface area contributed by atoms with E-state index in [1.165, 1.54) is 10.5 Å². The van der Waals surface area contributed by atoms with Crippen LogP contribution >= 0.6 is 11.8 Å². The molecule has 3 nitrogen and oxygen atoms in total. The fraction of sp³-hybridized carbons (Fsp3) is 0.571. The van der Waals surface area contributed by atoms with E-state index in [9.17, 15) is 0 Å². The number of rotatable bonds is 6. The van der Waals surface area contributed by atoms with Gasteiger partial charge in [-0.1, -0.05) is 25.1 Å². The number of nitrogens with two attached hydrogens (primary N) is 1. The highest BCUT2D eigenvalue weighted by molar-refractivity contribution is 8.00. The van der Waals surface area contributed by atoms with Gasteiger partial charge in [-0.3, -0.25) is 11.3 Å². The number of thioether (sulfide) groups is 1. The van der Waals surface area contributed by atoms with Crippen molar-refractivity contribution in [2.75, 3.05) is 13.7 Å². The van der Waals surface area contributed by atoms with Crippen LogP contribution in [0.5, 0.6) is 0 Å². The molecule has 18 heavy (non-hydrogen) atoms. The zero-order valence-corrected chi connectivity index (χ0v) is 11.9. The second kappa shape index (κ2) is 6.57. The Kier molecular flexibility index (Phi) is 5.06. The number of hydrogen-bond donors (Lipinski definition) is 2. The van der Waals surface area contributed by atoms with Gasteiger partial charge in [-0.2, -0.15) is 0 Å². The Hall–Kier alpha value is -0.550. The average molecular weight is 266 g/mol. The van der Waals surface area contributed by atoms with Gasteiger partial charge in [0.2, 0.25) is 0 Å². The molecule has 1 aromatic carbocycles. The second-order valence-corrected chi connectivity index (χ2v) is 6.20. The molecule has 0 radical (unpaired) electrons. The van der Waals surface area contributed by atoms with Crippen LogP contribution in [0.15, 0.2) is 29.2 Å². The van der Waals surface area contributed by atoms with E-state index in [1.807, 2.05) is 11.8 Å². The van der Waals surface area contributed by atoms with Crippen molar-refractivity contribution in [3.63, 3.8) is 0 Å². The molecule has 1 heterocycles. The van der Waals surface area contributed by atoms with Crippen LogP contribution in [0.25, 0.3) is 0 Å². The van der Waals surface area contributed by atoms with Gasteiger partial charge >= 0.3 is 0 Å². The van der Waals surface area contributed by atoms with E-state index in [0.29, 0.717) is 17.2 Å². The third-order valence-electron chi connectivity index (χ3n) is 3.66. The van der Waals surface area contributed by atoms with Gasteiger partial charge in [0.15, 0.2) is 0 Å². The molecular weight excluding hydrogens is 244 g/mol. The van der Waals surface area contributed by atoms with Crippen LogP contribution < -0.4 is 11.3 Å². The Labute approximate surface area is 113 Å². The summed E-state index contributed by atoms with van der Waals surface area (Å²) in [7, 11) is 1.75. The van der Waals surface area contributed by atoms with Crippen LogP contribution in [-0.4, -0.2) is 25.0 Å². The predicted octanol–water partition coefficient (Wildman–Crippen LogP) is 2.21. The van der Waals surface area contributed by atoms with Gasteiger partial charge in [-0.15, -0.1) is 11.8 Å². The first-order valence-electron chi connectivity index (χ1n) is 6.46. The number of methoxy groups -OCH3 is 1. The number of nitrogens with one attached hydrogen (secondary N) is 1. The van der Waals surface area contributed by atoms with Crippen LogP contribution in [0.1, 0.15) is 18.9 Å². The maximum Gasteiger partial charge on any atom is 0.0465 e. The summed E-state index contributed by atoms with van der Waals surface area (Å²) in [6.07, 6.45) is 2.14. The van der Waals surface area contributed by atoms with E-state index in [1.54, 1.807) is 7.11 Å². The maximum absolute atomic E-state index is 5.76. The molecule has 3 atom stereocenters. The first-order valence-corrected chi connectivity index (χ1v) is 7.34. The molecule has 0 fully saturated rings. The Morgan fingerprint density at radius 3 is 2.94 bits per heavy atom. The number of hydrogen-bond acceptors (Lipinski definition) is 4. The summed E-state index contributed by atoms with van der Waals surface area (Å²) < 4.78 is 5.16. The van der Waals surface area contributed by atoms with Gasteiger partial charge < -0.3 is 4.74 Å². The predicted molar refractivity (Wildman–Crippen MR) is 76.6 cm³/mol. The van der Waals surface area contributed by atoms with E-state index in [-0.39, 0.29) is 0 Å². The molecule has 0 spiro atoms. The molecule has 100 valence electrons. The van der Waals surface area contributed by atoms with Crippen LogP contribution in [0, 0.1) is 5.92 Å². The smallest absolute Gasteiger partial charge is 0.0465 e. The molecule has 0 amide bonds. The van der Waals surface area contributed by atoms with Gasteiger partial charge in [0.05, 0.1) is 0 Å². The molecule has 0 aromatic heterocycles. The van der Waals surface area contributed by atoms with Crippen LogP contribution in [0.4, 0.5) is 0 Å². The lowest BCUT2D eigenvalue weighted by Crippen LogP contribution is -2.47. The van der Waals surface area contributed by atoms with Crippen molar-refractivity contribution in [1.29, 1.82) is 0 Å². The van der Waals surface area contributed by atoms with E-state index < -0.39 is 0 Å². The van der Waals surface area contributed by atoms with Gasteiger partial charge in [-0.05, 0) is 30.4 Å². The minimum atomic E-state index is 0.331. The molecule has 1 aliphatic rings. The lowest BCUT2D eigenvalue weighted by molar-refractivity contribution is 0.169. The number of ether oxygens (including phenoxy) is 1. The third-order valence-corrected chi connectivity index (χ3v) is 5.07. The first-order chi connectivity index (χ1) is 8.76. The second-order valence-electron chi connectivity index (χ2n) is 4.92. The molecule has 1 aromatic rings. The van der Waals surface area contributed by atoms with Crippen LogP contribution in [0.3, 0.4) is 0 Å². The van der Waals surface area contributed by atoms with Crippen molar-refractivity contribution >= 4 is 11.8 Å². The molecule has 3 N–H and O–H groups in total. The maximum atomic E-state index is 5.76. The summed E-state index contributed by atoms with van der Waals surface area (Å²) in [5.74, 6) is 6.27. The molecule has 1 aliphatic heterocycles. The summed E-state index contributed by atoms with van der Waals surface area (Å²) >= 11 is 1.95. The van der Waals surface area contributed by atoms with Gasteiger partial charge in [0, 0.05) is 29.9 Å². The quantitative estimate of drug-likeness (QED) is 0.612. The summed E-state index contributed by atoms with van der Waals surface area (Å²) in [4.78, 5) is 1.40. The highest BCUT2D eigenvalue weighted by Crippen LogP contribution is 2.39. The third kappa shape index (κ3) is 3.06. The molecule has 3 unspecified atom stereocenters. The number of benzene rings is 1. The number of fused-ring (bicyclic) bond motifs is 1. The average Bonchev–Trinajstić information content (AvgIpc) is 2.80. The fourth-order valence-corrected chi connectivity index (χ4v) is 4.07. The van der Waals surface area contributed by atoms with Gasteiger partial charge in [-0.25, -0.2) is 0 Å². The van der Waals surface area contributed by atoms with Gasteiger partial charge in [0.25, 0.3) is 0 Å². The molecule has 0 bridgehead atoms. The van der Waals surface area contributed by atoms with Crippen molar-refractivity contribution in [1.82, 2.24) is 5.43 Å². The van der Waals surface area contributed by atoms with Crippen molar-refractivity contribution in [2.45, 2.75) is 36.0 Å². The summed E-state index contributed by atoms with van der Waals surface area (Å²) in [5, 5.41) is 0.527. The topological polar surface area (TPSA) is 47.3 Å². The normalized spacial score (nSPS) is 21.6. The van der Waals surface area contributed by atoms with Crippen molar-refractivity contribution in [2.24, 2.45) is 11.8 Å². The zero-order valence-electron chi connectivity index (χ0n) is 11.1. The monoisotopic (exact) mass is 266 g/mol. The largest absolute Gasteiger partial charge is 0.385 e. The van der Waals surface area contributed by atoms with E-state index in [4.69, 9.17) is 10.6 Å². The molecule has 4 heteroatoms. The SMILES string of the molecule is COCCC(C)C(NN)C1Cc2ccccc2S1. The molecular formula is C14H22N2OS. The van der Waals surface area contributed by atoms with Gasteiger partial charge in [0.1, 0.15) is 0 Å². The minimum Gasteiger partial charge on any atom is -0.385 e. The summed E-state index contributed by atoms with van der Waals surface area (Å²) in [6.45, 7) is 3.04. The Bertz CT molecular complexity index is 361. The summed E-state index contributed by atoms with van der Waals surface area (Å²) in [5.41, 5.74) is 4.46. The molecule has 0 saturated carbocycles. The molecule has 2 rings (SSSR count). The van der Waals surface area contributed by atoms with Crippen LogP contribution in [0.2, 0.25) is 0 Å². The fourth-order valence-electron chi connectivity index (χ4n) is 2.53. The standard InChI is InChI=1S/C14H22N2OS/c1-10(7-8-17-2)14(16-15)13-9-11-5-3-4-6-12(11)18-13/h3-6,10,13-14,16H,7-9,15H2,1-2H3. The Balaban J connectivity index is 1.99. The van der Waals surface area contributed by atoms with Crippen molar-refractivity contribution in [3.8, 4) is 0 Å². The first kappa shape index (κ1) is 13.9. The molecule has 0 saturated heterocycles. The Morgan fingerprint density at radius 2 is 2.28 bits per heavy atom. The van der Waals surface area contributed by atoms with Crippen molar-refractivity contribution in [3.05, 3.63) is 29.8 Å². The van der Waals surface area contributed by atoms with E-state index in [2.05, 4.69) is 36.6 Å². The lowest BCUT2D eigenvalue weighted by Gasteiger charge is -2.28. The summed E-state index contributed by atoms with van der Waals surface area (Å²) in [6, 6.07) is 8.97. The Morgan fingerprint density at radius 1 is 1.50 bits per heavy atom.